The van der Waals surface area contributed by atoms with Crippen LogP contribution in [0, 0.1) is 0 Å². The van der Waals surface area contributed by atoms with Gasteiger partial charge in [0, 0.05) is 61.4 Å². The fourth-order valence-corrected chi connectivity index (χ4v) is 6.14. The van der Waals surface area contributed by atoms with Crippen molar-refractivity contribution in [1.29, 1.82) is 0 Å². The number of carboxylic acid groups (broad SMARTS) is 2. The molecule has 1 unspecified atom stereocenters. The molecule has 34 heavy (non-hydrogen) atoms. The van der Waals surface area contributed by atoms with Gasteiger partial charge in [-0.25, -0.2) is 14.6 Å². The number of hydrogen-bond acceptors (Lipinski definition) is 5. The topological polar surface area (TPSA) is 92.4 Å². The van der Waals surface area contributed by atoms with Gasteiger partial charge in [0.15, 0.2) is 0 Å². The van der Waals surface area contributed by atoms with Crippen LogP contribution in [0.15, 0.2) is 72.2 Å². The number of imidazole rings is 1. The molecule has 0 saturated carbocycles. The molecule has 2 N–H and O–H groups in total. The quantitative estimate of drug-likeness (QED) is 0.155. The number of rotatable bonds is 9. The summed E-state index contributed by atoms with van der Waals surface area (Å²) < 4.78 is 2.04. The number of thioether (sulfide) groups is 2. The molecular weight excluding hydrogens is 562 g/mol. The average Bonchev–Trinajstić information content (AvgIpc) is 3.27. The van der Waals surface area contributed by atoms with E-state index >= 15 is 0 Å². The number of carbonyl (C=O) groups is 2. The van der Waals surface area contributed by atoms with Crippen LogP contribution in [0.4, 0.5) is 0 Å². The van der Waals surface area contributed by atoms with E-state index in [1.807, 2.05) is 35.0 Å². The molecule has 12 heteroatoms. The van der Waals surface area contributed by atoms with E-state index in [1.165, 1.54) is 0 Å². The van der Waals surface area contributed by atoms with Crippen LogP contribution >= 0.6 is 69.9 Å². The zero-order valence-electron chi connectivity index (χ0n) is 17.3. The monoisotopic (exact) mass is 578 g/mol. The third-order valence-corrected chi connectivity index (χ3v) is 7.70. The van der Waals surface area contributed by atoms with Crippen LogP contribution in [0.25, 0.3) is 0 Å². The lowest BCUT2D eigenvalue weighted by Gasteiger charge is -2.19. The molecule has 0 aliphatic heterocycles. The van der Waals surface area contributed by atoms with E-state index in [-0.39, 0.29) is 5.25 Å². The van der Waals surface area contributed by atoms with Gasteiger partial charge in [-0.2, -0.15) is 0 Å². The fourth-order valence-electron chi connectivity index (χ4n) is 2.50. The average molecular weight is 580 g/mol. The molecule has 0 bridgehead atoms. The van der Waals surface area contributed by atoms with Crippen molar-refractivity contribution in [3.05, 3.63) is 92.9 Å². The number of benzene rings is 2. The highest BCUT2D eigenvalue weighted by Gasteiger charge is 2.17. The summed E-state index contributed by atoms with van der Waals surface area (Å²) in [7, 11) is 0. The maximum atomic E-state index is 9.55. The number of aromatic nitrogens is 2. The Kier molecular flexibility index (Phi) is 12.2. The third-order valence-electron chi connectivity index (χ3n) is 3.99. The summed E-state index contributed by atoms with van der Waals surface area (Å²) in [5, 5.41) is 19.2. The zero-order chi connectivity index (χ0) is 25.1. The largest absolute Gasteiger partial charge is 0.478 e. The highest BCUT2D eigenvalue weighted by molar-refractivity contribution is 8.16. The third kappa shape index (κ3) is 10.2. The van der Waals surface area contributed by atoms with E-state index < -0.39 is 11.9 Å². The summed E-state index contributed by atoms with van der Waals surface area (Å²) in [6.45, 7) is 0.765. The molecule has 0 fully saturated rings. The van der Waals surface area contributed by atoms with E-state index in [0.717, 1.165) is 22.1 Å². The minimum absolute atomic E-state index is 0.160. The molecule has 0 amide bonds. The minimum atomic E-state index is -1.26. The molecule has 0 aliphatic rings. The lowest BCUT2D eigenvalue weighted by molar-refractivity contribution is -0.134. The molecule has 0 spiro atoms. The fraction of sp³-hybridized carbons (Fsp3) is 0.136. The molecule has 3 aromatic rings. The lowest BCUT2D eigenvalue weighted by atomic mass is 10.1. The van der Waals surface area contributed by atoms with E-state index in [1.54, 1.807) is 48.2 Å². The smallest absolute Gasteiger partial charge is 0.328 e. The van der Waals surface area contributed by atoms with Crippen LogP contribution in [-0.4, -0.2) is 36.8 Å². The van der Waals surface area contributed by atoms with E-state index in [4.69, 9.17) is 56.6 Å². The van der Waals surface area contributed by atoms with Crippen LogP contribution in [-0.2, 0) is 16.1 Å². The predicted octanol–water partition coefficient (Wildman–Crippen LogP) is 7.43. The highest BCUT2D eigenvalue weighted by atomic mass is 35.5. The first kappa shape index (κ1) is 28.4. The SMILES string of the molecule is Clc1ccc(SCSC(Cn2ccnc2)c2ccc(Cl)cc2Cl)c(Cl)c1.O=C(O)C=CC(=O)O. The summed E-state index contributed by atoms with van der Waals surface area (Å²) in [6, 6.07) is 11.2. The Labute approximate surface area is 224 Å². The number of halogens is 4. The van der Waals surface area contributed by atoms with Gasteiger partial charge in [-0.05, 0) is 35.9 Å². The van der Waals surface area contributed by atoms with Crippen molar-refractivity contribution in [1.82, 2.24) is 9.55 Å². The number of nitrogens with zero attached hydrogens (tertiary/aromatic N) is 2. The van der Waals surface area contributed by atoms with Gasteiger partial charge in [0.1, 0.15) is 0 Å². The Hall–Kier alpha value is -1.81. The van der Waals surface area contributed by atoms with Gasteiger partial charge >= 0.3 is 11.9 Å². The van der Waals surface area contributed by atoms with Crippen LogP contribution < -0.4 is 0 Å². The van der Waals surface area contributed by atoms with Crippen LogP contribution in [0.5, 0.6) is 0 Å². The summed E-state index contributed by atoms with van der Waals surface area (Å²) in [5.74, 6) is -2.51. The van der Waals surface area contributed by atoms with Crippen molar-refractivity contribution in [2.45, 2.75) is 16.7 Å². The maximum Gasteiger partial charge on any atom is 0.328 e. The van der Waals surface area contributed by atoms with Crippen molar-refractivity contribution in [2.24, 2.45) is 0 Å². The second-order valence-corrected chi connectivity index (χ2v) is 10.7. The number of hydrogen-bond donors (Lipinski definition) is 2. The van der Waals surface area contributed by atoms with Crippen LogP contribution in [0.2, 0.25) is 20.1 Å². The van der Waals surface area contributed by atoms with Gasteiger partial charge < -0.3 is 14.8 Å². The lowest BCUT2D eigenvalue weighted by Crippen LogP contribution is -2.06. The van der Waals surface area contributed by atoms with Crippen molar-refractivity contribution in [2.75, 3.05) is 5.08 Å². The van der Waals surface area contributed by atoms with Crippen molar-refractivity contribution in [3.8, 4) is 0 Å². The van der Waals surface area contributed by atoms with E-state index in [0.29, 0.717) is 32.2 Å². The van der Waals surface area contributed by atoms with Crippen molar-refractivity contribution in [3.63, 3.8) is 0 Å². The van der Waals surface area contributed by atoms with Crippen molar-refractivity contribution < 1.29 is 19.8 Å². The first-order valence-corrected chi connectivity index (χ1v) is 12.9. The Morgan fingerprint density at radius 2 is 1.59 bits per heavy atom. The second kappa shape index (κ2) is 14.6. The molecule has 1 atom stereocenters. The Bertz CT molecular complexity index is 1130. The molecule has 3 rings (SSSR count). The predicted molar refractivity (Wildman–Crippen MR) is 141 cm³/mol. The molecule has 1 heterocycles. The molecule has 0 aliphatic carbocycles. The van der Waals surface area contributed by atoms with Gasteiger partial charge in [-0.15, -0.1) is 23.5 Å². The maximum absolute atomic E-state index is 9.55. The molecule has 6 nitrogen and oxygen atoms in total. The Morgan fingerprint density at radius 1 is 0.971 bits per heavy atom. The summed E-state index contributed by atoms with van der Waals surface area (Å²) in [5.41, 5.74) is 1.05. The highest BCUT2D eigenvalue weighted by Crippen LogP contribution is 2.40. The van der Waals surface area contributed by atoms with Gasteiger partial charge in [0.25, 0.3) is 0 Å². The summed E-state index contributed by atoms with van der Waals surface area (Å²) >= 11 is 28.2. The van der Waals surface area contributed by atoms with Gasteiger partial charge in [-0.1, -0.05) is 52.5 Å². The van der Waals surface area contributed by atoms with E-state index in [2.05, 4.69) is 4.98 Å². The molecule has 1 aromatic heterocycles. The number of carboxylic acids is 2. The Morgan fingerprint density at radius 3 is 2.12 bits per heavy atom. The molecule has 180 valence electrons. The standard InChI is InChI=1S/C18H14Cl4N2S2.C4H4O4/c19-12-1-3-14(15(21)7-12)18(9-24-6-5-23-10-24)26-11-25-17-4-2-13(20)8-16(17)22;5-3(6)1-2-4(7)8/h1-8,10,18H,9,11H2;1-2H,(H,5,6)(H,7,8). The Balaban J connectivity index is 0.000000440. The minimum Gasteiger partial charge on any atom is -0.478 e. The van der Waals surface area contributed by atoms with Crippen LogP contribution in [0.3, 0.4) is 0 Å². The van der Waals surface area contributed by atoms with E-state index in [9.17, 15) is 9.59 Å². The second-order valence-electron chi connectivity index (χ2n) is 6.43. The summed E-state index contributed by atoms with van der Waals surface area (Å²) in [4.78, 5) is 24.2. The van der Waals surface area contributed by atoms with Gasteiger partial charge in [0.2, 0.25) is 0 Å². The zero-order valence-corrected chi connectivity index (χ0v) is 21.9. The molecule has 0 radical (unpaired) electrons. The first-order chi connectivity index (χ1) is 16.2. The normalized spacial score (nSPS) is 11.6. The van der Waals surface area contributed by atoms with Gasteiger partial charge in [0.05, 0.1) is 11.3 Å². The van der Waals surface area contributed by atoms with Gasteiger partial charge in [-0.3, -0.25) is 0 Å². The number of aliphatic carboxylic acids is 2. The molecule has 2 aromatic carbocycles. The first-order valence-electron chi connectivity index (χ1n) is 9.39. The van der Waals surface area contributed by atoms with Crippen molar-refractivity contribution >= 4 is 81.9 Å². The van der Waals surface area contributed by atoms with Crippen LogP contribution in [0.1, 0.15) is 10.8 Å². The summed E-state index contributed by atoms with van der Waals surface area (Å²) in [6.07, 6.45) is 6.64. The molecule has 0 saturated heterocycles. The molecular formula is C22H18Cl4N2O4S2.